The summed E-state index contributed by atoms with van der Waals surface area (Å²) in [5.41, 5.74) is -1.93. The number of hydrogen-bond acceptors (Lipinski definition) is 4. The summed E-state index contributed by atoms with van der Waals surface area (Å²) in [6.07, 6.45) is 1.57. The number of likely N-dealkylation sites (N-methyl/N-ethyl adjacent to an activating group) is 1. The molecule has 0 spiro atoms. The molecule has 3 rings (SSSR count). The number of piperazine rings is 1. The molecule has 3 aliphatic rings. The van der Waals surface area contributed by atoms with Crippen molar-refractivity contribution in [3.63, 3.8) is 0 Å². The molecule has 0 radical (unpaired) electrons. The Morgan fingerprint density at radius 2 is 1.46 bits per heavy atom. The van der Waals surface area contributed by atoms with E-state index in [1.807, 2.05) is 25.7 Å². The van der Waals surface area contributed by atoms with E-state index in [0.717, 1.165) is 32.7 Å². The van der Waals surface area contributed by atoms with Crippen LogP contribution in [0.3, 0.4) is 0 Å². The van der Waals surface area contributed by atoms with E-state index in [-0.39, 0.29) is 17.7 Å². The first-order chi connectivity index (χ1) is 11.1. The van der Waals surface area contributed by atoms with Crippen LogP contribution in [0, 0.1) is 16.2 Å². The Labute approximate surface area is 143 Å². The van der Waals surface area contributed by atoms with E-state index < -0.39 is 16.2 Å². The third kappa shape index (κ3) is 2.65. The minimum absolute atomic E-state index is 0.109. The van der Waals surface area contributed by atoms with Gasteiger partial charge in [-0.2, -0.15) is 0 Å². The van der Waals surface area contributed by atoms with Gasteiger partial charge in [-0.25, -0.2) is 0 Å². The zero-order valence-electron chi connectivity index (χ0n) is 15.3. The van der Waals surface area contributed by atoms with Crippen molar-refractivity contribution >= 4 is 17.7 Å². The van der Waals surface area contributed by atoms with Crippen LogP contribution in [0.15, 0.2) is 0 Å². The lowest BCUT2D eigenvalue weighted by atomic mass is 9.52. The molecule has 2 atom stereocenters. The van der Waals surface area contributed by atoms with Crippen LogP contribution in [-0.4, -0.2) is 60.2 Å². The molecule has 1 saturated carbocycles. The first-order valence-corrected chi connectivity index (χ1v) is 9.00. The Morgan fingerprint density at radius 3 is 1.92 bits per heavy atom. The molecule has 1 aliphatic carbocycles. The van der Waals surface area contributed by atoms with Gasteiger partial charge in [0.25, 0.3) is 0 Å². The van der Waals surface area contributed by atoms with E-state index in [1.54, 1.807) is 0 Å². The van der Waals surface area contributed by atoms with Gasteiger partial charge in [0, 0.05) is 42.4 Å². The molecule has 0 aromatic carbocycles. The highest BCUT2D eigenvalue weighted by Crippen LogP contribution is 2.57. The molecule has 2 aliphatic heterocycles. The Morgan fingerprint density at radius 1 is 0.958 bits per heavy atom. The zero-order valence-corrected chi connectivity index (χ0v) is 15.3. The van der Waals surface area contributed by atoms with Gasteiger partial charge < -0.3 is 9.80 Å². The SMILES string of the molecule is CCN1CCN(C(=O)C2(C)CC3(C)CC(C)(C2)C(=O)NC3=O)CC1. The topological polar surface area (TPSA) is 69.7 Å². The maximum absolute atomic E-state index is 13.3. The molecule has 2 saturated heterocycles. The number of fused-ring (bicyclic) bond motifs is 2. The maximum atomic E-state index is 13.3. The lowest BCUT2D eigenvalue weighted by Gasteiger charge is -2.54. The summed E-state index contributed by atoms with van der Waals surface area (Å²) in [4.78, 5) is 42.3. The van der Waals surface area contributed by atoms with Gasteiger partial charge in [-0.05, 0) is 25.8 Å². The fourth-order valence-electron chi connectivity index (χ4n) is 5.30. The van der Waals surface area contributed by atoms with Gasteiger partial charge in [0.05, 0.1) is 0 Å². The summed E-state index contributed by atoms with van der Waals surface area (Å²) in [7, 11) is 0. The van der Waals surface area contributed by atoms with Crippen molar-refractivity contribution < 1.29 is 14.4 Å². The molecule has 3 amide bonds. The number of amides is 3. The third-order valence-electron chi connectivity index (χ3n) is 6.29. The number of nitrogens with zero attached hydrogens (tertiary/aromatic N) is 2. The summed E-state index contributed by atoms with van der Waals surface area (Å²) < 4.78 is 0. The van der Waals surface area contributed by atoms with Crippen LogP contribution < -0.4 is 5.32 Å². The fraction of sp³-hybridized carbons (Fsp3) is 0.833. The molecule has 2 bridgehead atoms. The molecular formula is C18H29N3O3. The summed E-state index contributed by atoms with van der Waals surface area (Å²) in [5, 5.41) is 2.52. The van der Waals surface area contributed by atoms with E-state index in [0.29, 0.717) is 19.3 Å². The van der Waals surface area contributed by atoms with Crippen LogP contribution in [0.1, 0.15) is 47.0 Å². The van der Waals surface area contributed by atoms with Crippen LogP contribution in [0.25, 0.3) is 0 Å². The van der Waals surface area contributed by atoms with Crippen molar-refractivity contribution in [3.8, 4) is 0 Å². The maximum Gasteiger partial charge on any atom is 0.232 e. The average molecular weight is 335 g/mol. The first-order valence-electron chi connectivity index (χ1n) is 9.00. The molecule has 134 valence electrons. The van der Waals surface area contributed by atoms with Crippen LogP contribution in [0.2, 0.25) is 0 Å². The number of hydrogen-bond donors (Lipinski definition) is 1. The van der Waals surface area contributed by atoms with Gasteiger partial charge in [-0.15, -0.1) is 0 Å². The smallest absolute Gasteiger partial charge is 0.232 e. The minimum Gasteiger partial charge on any atom is -0.340 e. The monoisotopic (exact) mass is 335 g/mol. The third-order valence-corrected chi connectivity index (χ3v) is 6.29. The quantitative estimate of drug-likeness (QED) is 0.765. The normalized spacial score (nSPS) is 40.4. The summed E-state index contributed by atoms with van der Waals surface area (Å²) >= 11 is 0. The van der Waals surface area contributed by atoms with Crippen molar-refractivity contribution in [3.05, 3.63) is 0 Å². The van der Waals surface area contributed by atoms with Crippen molar-refractivity contribution in [2.45, 2.75) is 47.0 Å². The van der Waals surface area contributed by atoms with Crippen molar-refractivity contribution in [2.24, 2.45) is 16.2 Å². The minimum atomic E-state index is -0.649. The Balaban J connectivity index is 1.83. The van der Waals surface area contributed by atoms with Gasteiger partial charge in [-0.1, -0.05) is 27.7 Å². The number of nitrogens with one attached hydrogen (secondary N) is 1. The van der Waals surface area contributed by atoms with E-state index in [2.05, 4.69) is 17.1 Å². The molecule has 3 fully saturated rings. The zero-order chi connectivity index (χ0) is 17.8. The van der Waals surface area contributed by atoms with Gasteiger partial charge in [0.15, 0.2) is 0 Å². The summed E-state index contributed by atoms with van der Waals surface area (Å²) in [6, 6.07) is 0. The van der Waals surface area contributed by atoms with E-state index in [9.17, 15) is 14.4 Å². The predicted molar refractivity (Wildman–Crippen MR) is 90.0 cm³/mol. The Hall–Kier alpha value is -1.43. The average Bonchev–Trinajstić information content (AvgIpc) is 2.52. The van der Waals surface area contributed by atoms with Crippen LogP contribution in [-0.2, 0) is 14.4 Å². The second-order valence-corrected chi connectivity index (χ2v) is 8.72. The van der Waals surface area contributed by atoms with E-state index in [1.165, 1.54) is 0 Å². The lowest BCUT2D eigenvalue weighted by Crippen LogP contribution is -2.64. The Kier molecular flexibility index (Phi) is 4.02. The second-order valence-electron chi connectivity index (χ2n) is 8.72. The number of carbonyl (C=O) groups excluding carboxylic acids is 3. The fourth-order valence-corrected chi connectivity index (χ4v) is 5.30. The molecule has 24 heavy (non-hydrogen) atoms. The van der Waals surface area contributed by atoms with Crippen LogP contribution >= 0.6 is 0 Å². The highest BCUT2D eigenvalue weighted by Gasteiger charge is 2.61. The lowest BCUT2D eigenvalue weighted by molar-refractivity contribution is -0.168. The van der Waals surface area contributed by atoms with Gasteiger partial charge in [0.2, 0.25) is 17.7 Å². The summed E-state index contributed by atoms with van der Waals surface area (Å²) in [6.45, 7) is 12.1. The van der Waals surface area contributed by atoms with Crippen molar-refractivity contribution in [1.29, 1.82) is 0 Å². The van der Waals surface area contributed by atoms with Gasteiger partial charge >= 0.3 is 0 Å². The van der Waals surface area contributed by atoms with Crippen molar-refractivity contribution in [1.82, 2.24) is 15.1 Å². The molecule has 0 aromatic rings. The molecule has 2 heterocycles. The number of piperidine rings is 1. The van der Waals surface area contributed by atoms with E-state index in [4.69, 9.17) is 0 Å². The molecular weight excluding hydrogens is 306 g/mol. The van der Waals surface area contributed by atoms with Gasteiger partial charge in [-0.3, -0.25) is 19.7 Å². The van der Waals surface area contributed by atoms with Crippen molar-refractivity contribution in [2.75, 3.05) is 32.7 Å². The highest BCUT2D eigenvalue weighted by atomic mass is 16.2. The van der Waals surface area contributed by atoms with Crippen LogP contribution in [0.5, 0.6) is 0 Å². The molecule has 2 unspecified atom stereocenters. The first kappa shape index (κ1) is 17.4. The molecule has 6 heteroatoms. The van der Waals surface area contributed by atoms with Gasteiger partial charge in [0.1, 0.15) is 0 Å². The van der Waals surface area contributed by atoms with E-state index >= 15 is 0 Å². The second kappa shape index (κ2) is 5.55. The summed E-state index contributed by atoms with van der Waals surface area (Å²) in [5.74, 6) is -0.336. The number of carbonyl (C=O) groups is 3. The molecule has 1 N–H and O–H groups in total. The highest BCUT2D eigenvalue weighted by molar-refractivity contribution is 6.04. The Bertz CT molecular complexity index is 554. The predicted octanol–water partition coefficient (Wildman–Crippen LogP) is 1.01. The number of imide groups is 1. The largest absolute Gasteiger partial charge is 0.340 e. The molecule has 6 nitrogen and oxygen atoms in total. The number of rotatable bonds is 2. The van der Waals surface area contributed by atoms with Crippen LogP contribution in [0.4, 0.5) is 0 Å². The molecule has 0 aromatic heterocycles. The standard InChI is InChI=1S/C18H29N3O3/c1-5-20-6-8-21(9-7-20)15(24)18(4)11-16(2)10-17(3,12-18)14(23)19-13(16)22/h5-12H2,1-4H3,(H,19,22,23).